The van der Waals surface area contributed by atoms with Crippen LogP contribution in [-0.4, -0.2) is 13.1 Å². The highest BCUT2D eigenvalue weighted by Gasteiger charge is 2.39. The molecule has 1 aromatic carbocycles. The van der Waals surface area contributed by atoms with E-state index in [1.165, 1.54) is 7.11 Å². The summed E-state index contributed by atoms with van der Waals surface area (Å²) < 4.78 is 5.78. The Morgan fingerprint density at radius 3 is 2.81 bits per heavy atom. The molecule has 0 spiro atoms. The largest absolute Gasteiger partial charge is 0.469 e. The number of hydrogen-bond acceptors (Lipinski definition) is 2. The molecule has 0 heterocycles. The van der Waals surface area contributed by atoms with Crippen molar-refractivity contribution in [2.24, 2.45) is 5.92 Å². The Morgan fingerprint density at radius 1 is 1.56 bits per heavy atom. The normalized spacial score (nSPS) is 16.9. The van der Waals surface area contributed by atoms with Crippen LogP contribution in [-0.2, 0) is 9.53 Å². The van der Waals surface area contributed by atoms with Crippen LogP contribution in [0.5, 0.6) is 0 Å². The summed E-state index contributed by atoms with van der Waals surface area (Å²) in [5.41, 5.74) is 0.866. The molecule has 1 aliphatic rings. The van der Waals surface area contributed by atoms with Crippen molar-refractivity contribution in [3.8, 4) is 0 Å². The molecule has 0 N–H and O–H groups in total. The highest BCUT2D eigenvalue weighted by molar-refractivity contribution is 9.10. The summed E-state index contributed by atoms with van der Waals surface area (Å²) in [5.74, 6) is -0.0169. The number of esters is 1. The maximum absolute atomic E-state index is 11.8. The van der Waals surface area contributed by atoms with Crippen molar-refractivity contribution in [3.05, 3.63) is 33.3 Å². The molecule has 1 atom stereocenters. The van der Waals surface area contributed by atoms with E-state index in [0.29, 0.717) is 10.9 Å². The molecule has 0 aliphatic heterocycles. The second-order valence-electron chi connectivity index (χ2n) is 4.00. The van der Waals surface area contributed by atoms with Crippen LogP contribution < -0.4 is 0 Å². The maximum atomic E-state index is 11.8. The van der Waals surface area contributed by atoms with Crippen LogP contribution in [0, 0.1) is 5.92 Å². The van der Waals surface area contributed by atoms with Gasteiger partial charge in [-0.2, -0.15) is 0 Å². The topological polar surface area (TPSA) is 26.3 Å². The quantitative estimate of drug-likeness (QED) is 0.795. The van der Waals surface area contributed by atoms with E-state index in [1.807, 2.05) is 12.1 Å². The molecule has 2 nitrogen and oxygen atoms in total. The van der Waals surface area contributed by atoms with Gasteiger partial charge < -0.3 is 4.74 Å². The molecular weight excluding hydrogens is 291 g/mol. The molecule has 1 unspecified atom stereocenters. The van der Waals surface area contributed by atoms with Gasteiger partial charge in [-0.05, 0) is 42.5 Å². The first kappa shape index (κ1) is 11.9. The molecule has 16 heavy (non-hydrogen) atoms. The van der Waals surface area contributed by atoms with E-state index in [4.69, 9.17) is 16.3 Å². The first-order chi connectivity index (χ1) is 7.63. The van der Waals surface area contributed by atoms with Crippen LogP contribution in [0.1, 0.15) is 24.3 Å². The number of carbonyl (C=O) groups is 1. The van der Waals surface area contributed by atoms with Crippen molar-refractivity contribution in [3.63, 3.8) is 0 Å². The van der Waals surface area contributed by atoms with Gasteiger partial charge in [-0.1, -0.05) is 27.5 Å². The summed E-state index contributed by atoms with van der Waals surface area (Å²) in [6.45, 7) is 0. The molecule has 2 rings (SSSR count). The zero-order chi connectivity index (χ0) is 11.7. The number of rotatable bonds is 3. The van der Waals surface area contributed by atoms with E-state index in [1.54, 1.807) is 6.07 Å². The van der Waals surface area contributed by atoms with Gasteiger partial charge >= 0.3 is 5.97 Å². The predicted molar refractivity (Wildman–Crippen MR) is 66.6 cm³/mol. The number of carbonyl (C=O) groups excluding carboxylic acids is 1. The Balaban J connectivity index is 2.37. The Morgan fingerprint density at radius 2 is 2.25 bits per heavy atom. The molecule has 1 fully saturated rings. The van der Waals surface area contributed by atoms with E-state index in [2.05, 4.69) is 15.9 Å². The van der Waals surface area contributed by atoms with Gasteiger partial charge in [-0.15, -0.1) is 0 Å². The summed E-state index contributed by atoms with van der Waals surface area (Å²) in [6.07, 6.45) is 2.14. The summed E-state index contributed by atoms with van der Waals surface area (Å²) in [7, 11) is 1.42. The van der Waals surface area contributed by atoms with E-state index in [-0.39, 0.29) is 11.9 Å². The van der Waals surface area contributed by atoms with Gasteiger partial charge in [0, 0.05) is 9.50 Å². The fourth-order valence-corrected chi connectivity index (χ4v) is 2.50. The lowest BCUT2D eigenvalue weighted by Gasteiger charge is -2.15. The van der Waals surface area contributed by atoms with Gasteiger partial charge in [0.05, 0.1) is 13.0 Å². The number of hydrogen-bond donors (Lipinski definition) is 0. The minimum absolute atomic E-state index is 0.192. The van der Waals surface area contributed by atoms with Gasteiger partial charge in [-0.3, -0.25) is 4.79 Å². The SMILES string of the molecule is COC(=O)C(c1cc(Br)ccc1Cl)C1CC1. The van der Waals surface area contributed by atoms with E-state index < -0.39 is 0 Å². The molecular formula is C12H12BrClO2. The van der Waals surface area contributed by atoms with Gasteiger partial charge in [0.25, 0.3) is 0 Å². The molecule has 4 heteroatoms. The van der Waals surface area contributed by atoms with E-state index >= 15 is 0 Å². The third-order valence-electron chi connectivity index (χ3n) is 2.84. The summed E-state index contributed by atoms with van der Waals surface area (Å²) in [5, 5.41) is 0.630. The Hall–Kier alpha value is -0.540. The summed E-state index contributed by atoms with van der Waals surface area (Å²) in [6, 6.07) is 5.58. The average Bonchev–Trinajstić information content (AvgIpc) is 3.07. The van der Waals surface area contributed by atoms with Gasteiger partial charge in [-0.25, -0.2) is 0 Å². The summed E-state index contributed by atoms with van der Waals surface area (Å²) in [4.78, 5) is 11.8. The van der Waals surface area contributed by atoms with E-state index in [0.717, 1.165) is 22.9 Å². The van der Waals surface area contributed by atoms with Crippen LogP contribution >= 0.6 is 27.5 Å². The average molecular weight is 304 g/mol. The zero-order valence-electron chi connectivity index (χ0n) is 8.87. The van der Waals surface area contributed by atoms with Crippen LogP contribution in [0.15, 0.2) is 22.7 Å². The molecule has 1 saturated carbocycles. The van der Waals surface area contributed by atoms with Crippen molar-refractivity contribution < 1.29 is 9.53 Å². The Kier molecular flexibility index (Phi) is 3.55. The highest BCUT2D eigenvalue weighted by atomic mass is 79.9. The van der Waals surface area contributed by atoms with Crippen molar-refractivity contribution >= 4 is 33.5 Å². The Bertz CT molecular complexity index is 415. The highest BCUT2D eigenvalue weighted by Crippen LogP contribution is 2.45. The molecule has 1 aliphatic carbocycles. The number of benzene rings is 1. The van der Waals surface area contributed by atoms with Gasteiger partial charge in [0.2, 0.25) is 0 Å². The second-order valence-corrected chi connectivity index (χ2v) is 5.33. The van der Waals surface area contributed by atoms with Crippen LogP contribution in [0.2, 0.25) is 5.02 Å². The first-order valence-corrected chi connectivity index (χ1v) is 6.33. The third-order valence-corrected chi connectivity index (χ3v) is 3.68. The van der Waals surface area contributed by atoms with Crippen molar-refractivity contribution in [2.75, 3.05) is 7.11 Å². The van der Waals surface area contributed by atoms with Crippen molar-refractivity contribution in [2.45, 2.75) is 18.8 Å². The second kappa shape index (κ2) is 4.76. The lowest BCUT2D eigenvalue weighted by atomic mass is 9.94. The summed E-state index contributed by atoms with van der Waals surface area (Å²) >= 11 is 9.53. The van der Waals surface area contributed by atoms with Gasteiger partial charge in [0.15, 0.2) is 0 Å². The van der Waals surface area contributed by atoms with E-state index in [9.17, 15) is 4.79 Å². The minimum Gasteiger partial charge on any atom is -0.469 e. The third kappa shape index (κ3) is 2.41. The first-order valence-electron chi connectivity index (χ1n) is 5.16. The lowest BCUT2D eigenvalue weighted by Crippen LogP contribution is -2.16. The fraction of sp³-hybridized carbons (Fsp3) is 0.417. The molecule has 86 valence electrons. The number of halogens is 2. The standard InChI is InChI=1S/C12H12BrClO2/c1-16-12(15)11(7-2-3-7)9-6-8(13)4-5-10(9)14/h4-7,11H,2-3H2,1H3. The molecule has 0 aromatic heterocycles. The lowest BCUT2D eigenvalue weighted by molar-refractivity contribution is -0.143. The van der Waals surface area contributed by atoms with Crippen LogP contribution in [0.3, 0.4) is 0 Å². The maximum Gasteiger partial charge on any atom is 0.313 e. The van der Waals surface area contributed by atoms with Crippen LogP contribution in [0.4, 0.5) is 0 Å². The zero-order valence-corrected chi connectivity index (χ0v) is 11.2. The number of methoxy groups -OCH3 is 1. The molecule has 0 amide bonds. The van der Waals surface area contributed by atoms with Crippen molar-refractivity contribution in [1.29, 1.82) is 0 Å². The number of ether oxygens (including phenoxy) is 1. The molecule has 1 aromatic rings. The predicted octanol–water partition coefficient (Wildman–Crippen LogP) is 3.77. The van der Waals surface area contributed by atoms with Gasteiger partial charge in [0.1, 0.15) is 0 Å². The fourth-order valence-electron chi connectivity index (χ4n) is 1.88. The monoisotopic (exact) mass is 302 g/mol. The molecule has 0 bridgehead atoms. The minimum atomic E-state index is -0.213. The van der Waals surface area contributed by atoms with Crippen molar-refractivity contribution in [1.82, 2.24) is 0 Å². The van der Waals surface area contributed by atoms with Crippen LogP contribution in [0.25, 0.3) is 0 Å². The molecule has 0 radical (unpaired) electrons. The smallest absolute Gasteiger partial charge is 0.313 e. The Labute approximate surface area is 108 Å². The molecule has 0 saturated heterocycles.